The van der Waals surface area contributed by atoms with Gasteiger partial charge < -0.3 is 28.8 Å². The molecule has 0 aliphatic rings. The van der Waals surface area contributed by atoms with Crippen LogP contribution in [0.1, 0.15) is 277 Å². The van der Waals surface area contributed by atoms with Crippen LogP contribution in [0.3, 0.4) is 0 Å². The number of amides is 1. The number of phosphoric ester groups is 1. The Morgan fingerprint density at radius 1 is 0.540 bits per heavy atom. The number of phosphoric acid groups is 1. The SMILES string of the molecule is CCCCCCCCCCCCCCCCCCCCCCCCCCCCCC/C=C/C(O)C(COP(=O)([O-])OCC[N+](C)(C)C)NC(=O)CCCCCCCCCCCCC. The molecule has 0 radical (unpaired) electrons. The Balaban J connectivity index is 4.04. The van der Waals surface area contributed by atoms with E-state index in [1.54, 1.807) is 6.08 Å². The molecule has 0 heterocycles. The first-order valence-electron chi connectivity index (χ1n) is 27.6. The lowest BCUT2D eigenvalue weighted by molar-refractivity contribution is -0.870. The summed E-state index contributed by atoms with van der Waals surface area (Å²) in [6, 6.07) is -0.880. The number of nitrogens with zero attached hydrogens (tertiary/aromatic N) is 1. The van der Waals surface area contributed by atoms with Gasteiger partial charge in [0.05, 0.1) is 39.9 Å². The Morgan fingerprint density at radius 3 is 1.19 bits per heavy atom. The van der Waals surface area contributed by atoms with Crippen molar-refractivity contribution in [2.24, 2.45) is 0 Å². The van der Waals surface area contributed by atoms with Gasteiger partial charge >= 0.3 is 0 Å². The van der Waals surface area contributed by atoms with Crippen LogP contribution in [-0.4, -0.2) is 68.5 Å². The lowest BCUT2D eigenvalue weighted by Crippen LogP contribution is -2.45. The number of aliphatic hydroxyl groups excluding tert-OH is 1. The van der Waals surface area contributed by atoms with Gasteiger partial charge in [0.15, 0.2) is 0 Å². The Bertz CT molecular complexity index is 1040. The quantitative estimate of drug-likeness (QED) is 0.0272. The highest BCUT2D eigenvalue weighted by molar-refractivity contribution is 7.45. The predicted molar refractivity (Wildman–Crippen MR) is 270 cm³/mol. The molecule has 0 aromatic rings. The molecule has 0 bridgehead atoms. The van der Waals surface area contributed by atoms with Crippen LogP contribution in [0, 0.1) is 0 Å². The summed E-state index contributed by atoms with van der Waals surface area (Å²) in [6.07, 6.45) is 55.8. The number of hydrogen-bond acceptors (Lipinski definition) is 6. The van der Waals surface area contributed by atoms with Crippen molar-refractivity contribution in [1.29, 1.82) is 0 Å². The third kappa shape index (κ3) is 49.0. The monoisotopic (exact) mass is 913 g/mol. The van der Waals surface area contributed by atoms with E-state index in [2.05, 4.69) is 19.2 Å². The maximum absolute atomic E-state index is 12.9. The molecule has 0 rings (SSSR count). The topological polar surface area (TPSA) is 108 Å². The Labute approximate surface area is 392 Å². The zero-order valence-electron chi connectivity index (χ0n) is 42.8. The van der Waals surface area contributed by atoms with E-state index in [-0.39, 0.29) is 19.1 Å². The molecule has 0 saturated heterocycles. The maximum atomic E-state index is 12.9. The van der Waals surface area contributed by atoms with Crippen molar-refractivity contribution >= 4 is 13.7 Å². The van der Waals surface area contributed by atoms with Gasteiger partial charge in [-0.15, -0.1) is 0 Å². The smallest absolute Gasteiger partial charge is 0.268 e. The van der Waals surface area contributed by atoms with Crippen molar-refractivity contribution in [3.8, 4) is 0 Å². The van der Waals surface area contributed by atoms with E-state index in [1.807, 2.05) is 27.2 Å². The molecule has 8 nitrogen and oxygen atoms in total. The number of unbranched alkanes of at least 4 members (excludes halogenated alkanes) is 38. The first-order chi connectivity index (χ1) is 30.5. The molecule has 1 amide bonds. The standard InChI is InChI=1S/C54H109N2O6P/c1-6-8-10-12-14-16-18-19-20-21-22-23-24-25-26-27-28-29-30-31-32-33-34-35-36-38-39-41-43-45-47-53(57)52(51-62-63(59,60)61-50-49-56(3,4)5)55-54(58)48-46-44-42-40-37-17-15-13-11-9-7-2/h45,47,52-53,57H,6-44,46,48-51H2,1-5H3,(H-,55,58,59,60)/b47-45+. The van der Waals surface area contributed by atoms with Crippen molar-refractivity contribution in [2.45, 2.75) is 289 Å². The average molecular weight is 913 g/mol. The number of hydrogen-bond donors (Lipinski definition) is 2. The number of nitrogens with one attached hydrogen (secondary N) is 1. The fourth-order valence-electron chi connectivity index (χ4n) is 8.39. The summed E-state index contributed by atoms with van der Waals surface area (Å²) in [5.74, 6) is -0.195. The summed E-state index contributed by atoms with van der Waals surface area (Å²) in [7, 11) is 1.27. The van der Waals surface area contributed by atoms with Gasteiger partial charge in [-0.1, -0.05) is 264 Å². The van der Waals surface area contributed by atoms with Gasteiger partial charge in [0, 0.05) is 6.42 Å². The summed E-state index contributed by atoms with van der Waals surface area (Å²) in [6.45, 7) is 4.67. The minimum absolute atomic E-state index is 0.00227. The zero-order chi connectivity index (χ0) is 46.4. The first kappa shape index (κ1) is 62.2. The van der Waals surface area contributed by atoms with Gasteiger partial charge in [0.1, 0.15) is 13.2 Å². The predicted octanol–water partition coefficient (Wildman–Crippen LogP) is 15.6. The Kier molecular flexibility index (Phi) is 45.8. The number of quaternary nitrogens is 1. The van der Waals surface area contributed by atoms with Crippen LogP contribution in [0.4, 0.5) is 0 Å². The molecule has 0 aromatic heterocycles. The normalized spacial score (nSPS) is 14.1. The van der Waals surface area contributed by atoms with Crippen molar-refractivity contribution in [3.05, 3.63) is 12.2 Å². The number of likely N-dealkylation sites (N-methyl/N-ethyl adjacent to an activating group) is 1. The van der Waals surface area contributed by atoms with Gasteiger partial charge in [-0.25, -0.2) is 0 Å². The molecular formula is C54H109N2O6P. The highest BCUT2D eigenvalue weighted by Crippen LogP contribution is 2.38. The minimum Gasteiger partial charge on any atom is -0.756 e. The lowest BCUT2D eigenvalue weighted by atomic mass is 10.0. The maximum Gasteiger partial charge on any atom is 0.268 e. The van der Waals surface area contributed by atoms with Crippen LogP contribution in [0.25, 0.3) is 0 Å². The minimum atomic E-state index is -4.58. The van der Waals surface area contributed by atoms with E-state index in [0.717, 1.165) is 38.5 Å². The van der Waals surface area contributed by atoms with Gasteiger partial charge in [-0.2, -0.15) is 0 Å². The molecule has 3 atom stereocenters. The number of carbonyl (C=O) groups is 1. The number of rotatable bonds is 51. The molecule has 3 unspecified atom stereocenters. The van der Waals surface area contributed by atoms with Gasteiger partial charge in [0.25, 0.3) is 7.82 Å². The van der Waals surface area contributed by atoms with Crippen LogP contribution in [0.5, 0.6) is 0 Å². The molecule has 0 aliphatic heterocycles. The van der Waals surface area contributed by atoms with Crippen LogP contribution < -0.4 is 10.2 Å². The van der Waals surface area contributed by atoms with Crippen LogP contribution in [0.15, 0.2) is 12.2 Å². The molecule has 2 N–H and O–H groups in total. The second kappa shape index (κ2) is 46.4. The Morgan fingerprint density at radius 2 is 0.857 bits per heavy atom. The summed E-state index contributed by atoms with van der Waals surface area (Å²) in [5.41, 5.74) is 0. The second-order valence-corrected chi connectivity index (χ2v) is 21.7. The van der Waals surface area contributed by atoms with Crippen molar-refractivity contribution in [3.63, 3.8) is 0 Å². The second-order valence-electron chi connectivity index (χ2n) is 20.3. The first-order valence-corrected chi connectivity index (χ1v) is 29.0. The van der Waals surface area contributed by atoms with Gasteiger partial charge in [-0.05, 0) is 19.3 Å². The third-order valence-electron chi connectivity index (χ3n) is 12.7. The van der Waals surface area contributed by atoms with E-state index < -0.39 is 20.0 Å². The largest absolute Gasteiger partial charge is 0.756 e. The van der Waals surface area contributed by atoms with Gasteiger partial charge in [0.2, 0.25) is 5.91 Å². The van der Waals surface area contributed by atoms with Crippen molar-refractivity contribution < 1.29 is 32.9 Å². The van der Waals surface area contributed by atoms with Crippen LogP contribution >= 0.6 is 7.82 Å². The lowest BCUT2D eigenvalue weighted by Gasteiger charge is -2.29. The molecule has 376 valence electrons. The molecule has 0 fully saturated rings. The molecular weight excluding hydrogens is 804 g/mol. The summed E-state index contributed by atoms with van der Waals surface area (Å²) < 4.78 is 23.3. The van der Waals surface area contributed by atoms with Crippen LogP contribution in [0.2, 0.25) is 0 Å². The number of aliphatic hydroxyl groups is 1. The zero-order valence-corrected chi connectivity index (χ0v) is 43.7. The fraction of sp³-hybridized carbons (Fsp3) is 0.944. The van der Waals surface area contributed by atoms with E-state index in [4.69, 9.17) is 9.05 Å². The van der Waals surface area contributed by atoms with E-state index >= 15 is 0 Å². The van der Waals surface area contributed by atoms with Crippen molar-refractivity contribution in [1.82, 2.24) is 5.32 Å². The molecule has 63 heavy (non-hydrogen) atoms. The summed E-state index contributed by atoms with van der Waals surface area (Å²) >= 11 is 0. The summed E-state index contributed by atoms with van der Waals surface area (Å²) in [4.78, 5) is 25.3. The third-order valence-corrected chi connectivity index (χ3v) is 13.7. The highest BCUT2D eigenvalue weighted by atomic mass is 31.2. The number of carbonyl (C=O) groups excluding carboxylic acids is 1. The van der Waals surface area contributed by atoms with Crippen molar-refractivity contribution in [2.75, 3.05) is 40.9 Å². The molecule has 9 heteroatoms. The molecule has 0 aromatic carbocycles. The van der Waals surface area contributed by atoms with E-state index in [1.165, 1.54) is 218 Å². The molecule has 0 saturated carbocycles. The highest BCUT2D eigenvalue weighted by Gasteiger charge is 2.23. The van der Waals surface area contributed by atoms with E-state index in [9.17, 15) is 19.4 Å². The fourth-order valence-corrected chi connectivity index (χ4v) is 9.11. The summed E-state index contributed by atoms with van der Waals surface area (Å²) in [5, 5.41) is 13.8. The molecule has 0 aliphatic carbocycles. The molecule has 0 spiro atoms. The average Bonchev–Trinajstić information content (AvgIpc) is 3.24. The van der Waals surface area contributed by atoms with Crippen LogP contribution in [-0.2, 0) is 18.4 Å². The Hall–Kier alpha value is -0.760. The van der Waals surface area contributed by atoms with E-state index in [0.29, 0.717) is 17.4 Å². The number of allylic oxidation sites excluding steroid dienone is 1. The van der Waals surface area contributed by atoms with Gasteiger partial charge in [-0.3, -0.25) is 9.36 Å².